The highest BCUT2D eigenvalue weighted by Crippen LogP contribution is 2.28. The number of pyridine rings is 1. The van der Waals surface area contributed by atoms with Gasteiger partial charge in [-0.05, 0) is 40.6 Å². The van der Waals surface area contributed by atoms with Crippen LogP contribution in [0.15, 0.2) is 59.4 Å². The van der Waals surface area contributed by atoms with E-state index in [0.29, 0.717) is 17.0 Å². The molecule has 2 aromatic carbocycles. The molecule has 0 atom stereocenters. The molecule has 1 amide bonds. The summed E-state index contributed by atoms with van der Waals surface area (Å²) in [5, 5.41) is 4.47. The first-order valence-corrected chi connectivity index (χ1v) is 8.87. The SMILES string of the molecule is CC(C)(CC(=O)NCc1cc2ccccc2[nH]c1=O)c1ccc(Cl)cc1. The summed E-state index contributed by atoms with van der Waals surface area (Å²) in [6.45, 7) is 4.23. The van der Waals surface area contributed by atoms with Gasteiger partial charge in [0.1, 0.15) is 0 Å². The first kappa shape index (κ1) is 18.2. The number of aromatic nitrogens is 1. The number of carbonyl (C=O) groups is 1. The van der Waals surface area contributed by atoms with Crippen molar-refractivity contribution >= 4 is 28.4 Å². The third-order valence-electron chi connectivity index (χ3n) is 4.53. The van der Waals surface area contributed by atoms with Crippen molar-refractivity contribution < 1.29 is 4.79 Å². The maximum Gasteiger partial charge on any atom is 0.253 e. The summed E-state index contributed by atoms with van der Waals surface area (Å²) >= 11 is 5.93. The molecule has 0 unspecified atom stereocenters. The van der Waals surface area contributed by atoms with Crippen molar-refractivity contribution in [2.24, 2.45) is 0 Å². The lowest BCUT2D eigenvalue weighted by Gasteiger charge is -2.24. The molecular weight excluding hydrogens is 348 g/mol. The molecule has 0 aliphatic rings. The molecule has 0 bridgehead atoms. The quantitative estimate of drug-likeness (QED) is 0.710. The molecular formula is C21H21ClN2O2. The zero-order valence-corrected chi connectivity index (χ0v) is 15.6. The molecule has 0 radical (unpaired) electrons. The van der Waals surface area contributed by atoms with Gasteiger partial charge in [-0.25, -0.2) is 0 Å². The van der Waals surface area contributed by atoms with E-state index in [-0.39, 0.29) is 23.4 Å². The van der Waals surface area contributed by atoms with E-state index in [1.807, 2.05) is 68.4 Å². The van der Waals surface area contributed by atoms with Gasteiger partial charge in [0.25, 0.3) is 5.56 Å². The van der Waals surface area contributed by atoms with Gasteiger partial charge in [0.15, 0.2) is 0 Å². The minimum Gasteiger partial charge on any atom is -0.352 e. The summed E-state index contributed by atoms with van der Waals surface area (Å²) in [4.78, 5) is 27.4. The van der Waals surface area contributed by atoms with Gasteiger partial charge in [0.2, 0.25) is 5.91 Å². The van der Waals surface area contributed by atoms with Crippen LogP contribution in [0.25, 0.3) is 10.9 Å². The summed E-state index contributed by atoms with van der Waals surface area (Å²) in [6, 6.07) is 16.9. The maximum atomic E-state index is 12.4. The molecule has 0 aliphatic carbocycles. The number of hydrogen-bond acceptors (Lipinski definition) is 2. The fourth-order valence-corrected chi connectivity index (χ4v) is 3.11. The largest absolute Gasteiger partial charge is 0.352 e. The predicted octanol–water partition coefficient (Wildman–Crippen LogP) is 4.17. The van der Waals surface area contributed by atoms with Crippen molar-refractivity contribution in [3.05, 3.63) is 81.1 Å². The Morgan fingerprint density at radius 1 is 1.12 bits per heavy atom. The Morgan fingerprint density at radius 2 is 1.81 bits per heavy atom. The molecule has 0 aliphatic heterocycles. The van der Waals surface area contributed by atoms with Crippen LogP contribution in [0.2, 0.25) is 5.02 Å². The van der Waals surface area contributed by atoms with E-state index in [2.05, 4.69) is 10.3 Å². The Balaban J connectivity index is 1.68. The lowest BCUT2D eigenvalue weighted by Crippen LogP contribution is -2.32. The number of amides is 1. The second-order valence-corrected chi connectivity index (χ2v) is 7.49. The normalized spacial score (nSPS) is 11.5. The molecule has 0 spiro atoms. The number of rotatable bonds is 5. The highest BCUT2D eigenvalue weighted by Gasteiger charge is 2.24. The number of nitrogens with one attached hydrogen (secondary N) is 2. The fourth-order valence-electron chi connectivity index (χ4n) is 2.98. The molecule has 4 nitrogen and oxygen atoms in total. The van der Waals surface area contributed by atoms with Crippen LogP contribution in [0.5, 0.6) is 0 Å². The summed E-state index contributed by atoms with van der Waals surface area (Å²) < 4.78 is 0. The van der Waals surface area contributed by atoms with Crippen LogP contribution in [0.3, 0.4) is 0 Å². The van der Waals surface area contributed by atoms with E-state index in [0.717, 1.165) is 16.5 Å². The first-order valence-electron chi connectivity index (χ1n) is 8.49. The lowest BCUT2D eigenvalue weighted by atomic mass is 9.81. The molecule has 5 heteroatoms. The molecule has 26 heavy (non-hydrogen) atoms. The van der Waals surface area contributed by atoms with Crippen molar-refractivity contribution in [3.8, 4) is 0 Å². The molecule has 3 rings (SSSR count). The van der Waals surface area contributed by atoms with Crippen molar-refractivity contribution in [1.82, 2.24) is 10.3 Å². The Kier molecular flexibility index (Phi) is 5.14. The highest BCUT2D eigenvalue weighted by atomic mass is 35.5. The summed E-state index contributed by atoms with van der Waals surface area (Å²) in [7, 11) is 0. The monoisotopic (exact) mass is 368 g/mol. The average molecular weight is 369 g/mol. The van der Waals surface area contributed by atoms with Gasteiger partial charge in [0.05, 0.1) is 0 Å². The minimum atomic E-state index is -0.329. The molecule has 1 aromatic heterocycles. The molecule has 134 valence electrons. The summed E-state index contributed by atoms with van der Waals surface area (Å²) in [5.41, 5.74) is 1.86. The van der Waals surface area contributed by atoms with Crippen LogP contribution < -0.4 is 10.9 Å². The first-order chi connectivity index (χ1) is 12.3. The maximum absolute atomic E-state index is 12.4. The summed E-state index contributed by atoms with van der Waals surface area (Å²) in [5.74, 6) is -0.0995. The smallest absolute Gasteiger partial charge is 0.253 e. The number of H-pyrrole nitrogens is 1. The third-order valence-corrected chi connectivity index (χ3v) is 4.79. The minimum absolute atomic E-state index is 0.0995. The Labute approximate surface area is 157 Å². The topological polar surface area (TPSA) is 62.0 Å². The zero-order valence-electron chi connectivity index (χ0n) is 14.8. The van der Waals surface area contributed by atoms with E-state index < -0.39 is 0 Å². The molecule has 0 saturated carbocycles. The summed E-state index contributed by atoms with van der Waals surface area (Å²) in [6.07, 6.45) is 0.320. The average Bonchev–Trinajstić information content (AvgIpc) is 2.60. The molecule has 0 fully saturated rings. The fraction of sp³-hybridized carbons (Fsp3) is 0.238. The van der Waals surface area contributed by atoms with Gasteiger partial charge in [-0.3, -0.25) is 9.59 Å². The molecule has 0 saturated heterocycles. The Morgan fingerprint density at radius 3 is 2.54 bits per heavy atom. The number of carbonyl (C=O) groups excluding carboxylic acids is 1. The van der Waals surface area contributed by atoms with E-state index in [4.69, 9.17) is 11.6 Å². The Bertz CT molecular complexity index is 991. The Hall–Kier alpha value is -2.59. The van der Waals surface area contributed by atoms with Gasteiger partial charge in [0, 0.05) is 29.1 Å². The van der Waals surface area contributed by atoms with Crippen LogP contribution in [-0.2, 0) is 16.8 Å². The number of fused-ring (bicyclic) bond motifs is 1. The molecule has 2 N–H and O–H groups in total. The number of aromatic amines is 1. The second kappa shape index (κ2) is 7.34. The number of halogens is 1. The van der Waals surface area contributed by atoms with Gasteiger partial charge in [-0.15, -0.1) is 0 Å². The van der Waals surface area contributed by atoms with Crippen LogP contribution in [-0.4, -0.2) is 10.9 Å². The van der Waals surface area contributed by atoms with Crippen LogP contribution in [0.1, 0.15) is 31.4 Å². The predicted molar refractivity (Wildman–Crippen MR) is 106 cm³/mol. The van der Waals surface area contributed by atoms with Crippen molar-refractivity contribution in [1.29, 1.82) is 0 Å². The number of hydrogen-bond donors (Lipinski definition) is 2. The van der Waals surface area contributed by atoms with Crippen LogP contribution in [0, 0.1) is 0 Å². The van der Waals surface area contributed by atoms with E-state index in [9.17, 15) is 9.59 Å². The van der Waals surface area contributed by atoms with E-state index in [1.165, 1.54) is 0 Å². The van der Waals surface area contributed by atoms with E-state index in [1.54, 1.807) is 0 Å². The van der Waals surface area contributed by atoms with Crippen LogP contribution >= 0.6 is 11.6 Å². The molecule has 1 heterocycles. The van der Waals surface area contributed by atoms with Gasteiger partial charge in [-0.1, -0.05) is 55.8 Å². The standard InChI is InChI=1S/C21H21ClN2O2/c1-21(2,16-7-9-17(22)10-8-16)12-19(25)23-13-15-11-14-5-3-4-6-18(14)24-20(15)26/h3-11H,12-13H2,1-2H3,(H,23,25)(H,24,26). The van der Waals surface area contributed by atoms with Gasteiger partial charge < -0.3 is 10.3 Å². The third kappa shape index (κ3) is 4.14. The van der Waals surface area contributed by atoms with Crippen molar-refractivity contribution in [2.75, 3.05) is 0 Å². The number of benzene rings is 2. The highest BCUT2D eigenvalue weighted by molar-refractivity contribution is 6.30. The van der Waals surface area contributed by atoms with Gasteiger partial charge in [-0.2, -0.15) is 0 Å². The molecule has 3 aromatic rings. The lowest BCUT2D eigenvalue weighted by molar-refractivity contribution is -0.122. The van der Waals surface area contributed by atoms with Crippen LogP contribution in [0.4, 0.5) is 0 Å². The van der Waals surface area contributed by atoms with Crippen molar-refractivity contribution in [3.63, 3.8) is 0 Å². The van der Waals surface area contributed by atoms with E-state index >= 15 is 0 Å². The van der Waals surface area contributed by atoms with Crippen molar-refractivity contribution in [2.45, 2.75) is 32.2 Å². The number of para-hydroxylation sites is 1. The second-order valence-electron chi connectivity index (χ2n) is 7.06. The zero-order chi connectivity index (χ0) is 18.7. The van der Waals surface area contributed by atoms with Gasteiger partial charge >= 0.3 is 0 Å².